The molecule has 0 aliphatic rings. The maximum atomic E-state index is 11.7. The second-order valence-corrected chi connectivity index (χ2v) is 9.49. The van der Waals surface area contributed by atoms with E-state index < -0.39 is 11.9 Å². The SMILES string of the molecule is CCN(CC)C(=O)c1cccnc1.CCN(CC)C(=O)c1cccnc1.O=Cc1ccc(C(=O)[O-])cc1.O=Cc1ccc(C(=O)[O-])cc1.[OH3+].[OH3+].[Zn+2]. The average Bonchev–Trinajstić information content (AvgIpc) is 3.14. The summed E-state index contributed by atoms with van der Waals surface area (Å²) >= 11 is 0. The van der Waals surface area contributed by atoms with Crippen LogP contribution >= 0.6 is 0 Å². The van der Waals surface area contributed by atoms with Crippen molar-refractivity contribution in [2.45, 2.75) is 27.7 Å². The minimum absolute atomic E-state index is 0. The molecular weight excluding hydrogens is 714 g/mol. The van der Waals surface area contributed by atoms with Gasteiger partial charge >= 0.3 is 19.5 Å². The van der Waals surface area contributed by atoms with Crippen molar-refractivity contribution in [2.24, 2.45) is 0 Å². The Morgan fingerprint density at radius 1 is 0.549 bits per heavy atom. The molecule has 0 spiro atoms. The van der Waals surface area contributed by atoms with Crippen LogP contribution < -0.4 is 10.2 Å². The van der Waals surface area contributed by atoms with Crippen LogP contribution in [0.5, 0.6) is 0 Å². The van der Waals surface area contributed by atoms with Gasteiger partial charge in [-0.2, -0.15) is 0 Å². The number of carbonyl (C=O) groups is 6. The van der Waals surface area contributed by atoms with Gasteiger partial charge in [-0.05, 0) is 63.1 Å². The summed E-state index contributed by atoms with van der Waals surface area (Å²) in [6.45, 7) is 10.8. The van der Waals surface area contributed by atoms with Gasteiger partial charge in [-0.1, -0.05) is 48.5 Å². The molecule has 0 saturated heterocycles. The molecule has 0 unspecified atom stereocenters. The van der Waals surface area contributed by atoms with E-state index in [2.05, 4.69) is 9.97 Å². The number of hydrogen-bond donors (Lipinski definition) is 0. The Bertz CT molecular complexity index is 1460. The van der Waals surface area contributed by atoms with Gasteiger partial charge in [0.1, 0.15) is 12.6 Å². The monoisotopic (exact) mass is 756 g/mol. The number of nitrogens with zero attached hydrogens (tertiary/aromatic N) is 4. The van der Waals surface area contributed by atoms with Crippen molar-refractivity contribution in [3.8, 4) is 0 Å². The van der Waals surface area contributed by atoms with E-state index in [1.54, 1.807) is 58.9 Å². The fourth-order valence-corrected chi connectivity index (χ4v) is 3.76. The van der Waals surface area contributed by atoms with Crippen molar-refractivity contribution >= 4 is 36.3 Å². The molecule has 0 aliphatic heterocycles. The molecule has 0 bridgehead atoms. The molecule has 51 heavy (non-hydrogen) atoms. The number of hydrogen-bond acceptors (Lipinski definition) is 10. The van der Waals surface area contributed by atoms with Gasteiger partial charge in [-0.15, -0.1) is 0 Å². The number of aromatic nitrogens is 2. The van der Waals surface area contributed by atoms with E-state index >= 15 is 0 Å². The summed E-state index contributed by atoms with van der Waals surface area (Å²) in [5.74, 6) is -2.36. The zero-order valence-electron chi connectivity index (χ0n) is 29.1. The summed E-state index contributed by atoms with van der Waals surface area (Å²) in [6, 6.07) is 18.2. The molecular formula is C36H44N4O10Zn+2. The van der Waals surface area contributed by atoms with Crippen LogP contribution in [0.15, 0.2) is 97.6 Å². The molecule has 6 N–H and O–H groups in total. The predicted molar refractivity (Wildman–Crippen MR) is 185 cm³/mol. The third kappa shape index (κ3) is 18.2. The topological polar surface area (TPSA) is 247 Å². The van der Waals surface area contributed by atoms with Crippen molar-refractivity contribution < 1.29 is 69.4 Å². The van der Waals surface area contributed by atoms with Crippen LogP contribution in [0, 0.1) is 0 Å². The summed E-state index contributed by atoms with van der Waals surface area (Å²) in [4.78, 5) is 75.4. The Morgan fingerprint density at radius 2 is 0.843 bits per heavy atom. The number of carbonyl (C=O) groups excluding carboxylic acids is 6. The first-order valence-electron chi connectivity index (χ1n) is 15.0. The summed E-state index contributed by atoms with van der Waals surface area (Å²) in [5, 5.41) is 20.4. The first-order chi connectivity index (χ1) is 23.1. The van der Waals surface area contributed by atoms with Crippen LogP contribution in [-0.2, 0) is 30.4 Å². The van der Waals surface area contributed by atoms with Crippen LogP contribution in [0.2, 0.25) is 0 Å². The van der Waals surface area contributed by atoms with Crippen molar-refractivity contribution in [1.82, 2.24) is 19.8 Å². The van der Waals surface area contributed by atoms with Gasteiger partial charge in [0.05, 0.1) is 23.1 Å². The van der Waals surface area contributed by atoms with Gasteiger partial charge in [-0.25, -0.2) is 0 Å². The summed E-state index contributed by atoms with van der Waals surface area (Å²) < 4.78 is 0. The number of carboxylic acid groups (broad SMARTS) is 2. The molecule has 4 aromatic rings. The van der Waals surface area contributed by atoms with Crippen molar-refractivity contribution in [1.29, 1.82) is 0 Å². The average molecular weight is 758 g/mol. The second-order valence-electron chi connectivity index (χ2n) is 9.49. The van der Waals surface area contributed by atoms with Crippen LogP contribution in [0.1, 0.15) is 89.8 Å². The summed E-state index contributed by atoms with van der Waals surface area (Å²) in [7, 11) is 0. The molecule has 0 atom stereocenters. The van der Waals surface area contributed by atoms with Gasteiger partial charge in [0.25, 0.3) is 11.8 Å². The Labute approximate surface area is 309 Å². The number of aromatic carboxylic acids is 2. The summed E-state index contributed by atoms with van der Waals surface area (Å²) in [6.07, 6.45) is 7.83. The van der Waals surface area contributed by atoms with Crippen molar-refractivity contribution in [3.05, 3.63) is 131 Å². The fraction of sp³-hybridized carbons (Fsp3) is 0.222. The van der Waals surface area contributed by atoms with E-state index in [4.69, 9.17) is 0 Å². The minimum Gasteiger partial charge on any atom is -0.545 e. The number of benzene rings is 2. The first kappa shape index (κ1) is 49.9. The van der Waals surface area contributed by atoms with E-state index in [1.807, 2.05) is 27.7 Å². The molecule has 0 aliphatic carbocycles. The third-order valence-corrected chi connectivity index (χ3v) is 6.48. The Hall–Kier alpha value is -5.50. The number of aldehydes is 2. The van der Waals surface area contributed by atoms with Crippen LogP contribution in [0.25, 0.3) is 0 Å². The number of pyridine rings is 2. The standard InChI is InChI=1S/2C10H14N2O.2C8H6O3.2H2O.Zn/c2*1-3-12(4-2)10(13)9-6-5-7-11-8-9;2*9-5-6-1-3-7(4-2-6)8(10)11;;;/h2*5-8H,3-4H2,1-2H3;2*1-5H,(H,10,11);2*1H2;/q;;;;;;+2. The minimum atomic E-state index is -1.23. The normalized spacial score (nSPS) is 8.86. The fourth-order valence-electron chi connectivity index (χ4n) is 3.76. The predicted octanol–water partition coefficient (Wildman–Crippen LogP) is 1.01. The smallest absolute Gasteiger partial charge is 0.545 e. The van der Waals surface area contributed by atoms with E-state index in [0.29, 0.717) is 34.8 Å². The molecule has 2 aromatic carbocycles. The molecule has 0 saturated carbocycles. The molecule has 2 amide bonds. The molecule has 14 nitrogen and oxygen atoms in total. The maximum Gasteiger partial charge on any atom is 2.00 e. The molecule has 4 rings (SSSR count). The quantitative estimate of drug-likeness (QED) is 0.126. The molecule has 2 aromatic heterocycles. The summed E-state index contributed by atoms with van der Waals surface area (Å²) in [5.41, 5.74) is 2.38. The zero-order chi connectivity index (χ0) is 35.9. The van der Waals surface area contributed by atoms with E-state index in [0.717, 1.165) is 26.2 Å². The Kier molecular flexibility index (Phi) is 27.7. The van der Waals surface area contributed by atoms with Gasteiger partial charge in [0.15, 0.2) is 0 Å². The Morgan fingerprint density at radius 3 is 1.04 bits per heavy atom. The van der Waals surface area contributed by atoms with Gasteiger partial charge in [0, 0.05) is 62.1 Å². The number of rotatable bonds is 10. The zero-order valence-corrected chi connectivity index (χ0v) is 32.1. The van der Waals surface area contributed by atoms with E-state index in [-0.39, 0.29) is 53.4 Å². The second kappa shape index (κ2) is 28.4. The first-order valence-corrected chi connectivity index (χ1v) is 15.0. The molecule has 0 radical (unpaired) electrons. The number of carboxylic acids is 2. The molecule has 0 fully saturated rings. The van der Waals surface area contributed by atoms with E-state index in [1.165, 1.54) is 48.5 Å². The van der Waals surface area contributed by atoms with Crippen LogP contribution in [0.3, 0.4) is 0 Å². The van der Waals surface area contributed by atoms with Crippen molar-refractivity contribution in [3.63, 3.8) is 0 Å². The maximum absolute atomic E-state index is 11.7. The Balaban J connectivity index is -0.000000592. The van der Waals surface area contributed by atoms with Crippen LogP contribution in [0.4, 0.5) is 0 Å². The third-order valence-electron chi connectivity index (χ3n) is 6.48. The van der Waals surface area contributed by atoms with Crippen LogP contribution in [-0.4, -0.2) is 82.3 Å². The molecule has 2 heterocycles. The van der Waals surface area contributed by atoms with E-state index in [9.17, 15) is 39.0 Å². The largest absolute Gasteiger partial charge is 2.00 e. The van der Waals surface area contributed by atoms with Gasteiger partial charge < -0.3 is 40.6 Å². The van der Waals surface area contributed by atoms with Crippen molar-refractivity contribution in [2.75, 3.05) is 26.2 Å². The van der Waals surface area contributed by atoms with Gasteiger partial charge in [0.2, 0.25) is 0 Å². The molecule has 15 heteroatoms. The van der Waals surface area contributed by atoms with Gasteiger partial charge in [-0.3, -0.25) is 29.1 Å². The molecule has 268 valence electrons. The number of amides is 2.